The first-order chi connectivity index (χ1) is 13.7. The van der Waals surface area contributed by atoms with Gasteiger partial charge in [0.1, 0.15) is 5.75 Å². The Balaban J connectivity index is 1.36. The molecule has 1 aliphatic heterocycles. The summed E-state index contributed by atoms with van der Waals surface area (Å²) in [5.74, 6) is 0.979. The van der Waals surface area contributed by atoms with Crippen molar-refractivity contribution in [2.24, 2.45) is 0 Å². The zero-order valence-corrected chi connectivity index (χ0v) is 17.4. The fourth-order valence-corrected chi connectivity index (χ4v) is 4.64. The van der Waals surface area contributed by atoms with E-state index >= 15 is 0 Å². The summed E-state index contributed by atoms with van der Waals surface area (Å²) < 4.78 is 5.70. The third-order valence-corrected chi connectivity index (χ3v) is 6.13. The molecular formula is C23H27N3OS. The third kappa shape index (κ3) is 4.54. The van der Waals surface area contributed by atoms with Crippen LogP contribution in [0, 0.1) is 6.92 Å². The SMILES string of the molecule is CCOc1cc(C)cc(CN2CCN(c3ncc(-c4ccccc4)s3)CC2)c1. The van der Waals surface area contributed by atoms with Crippen LogP contribution >= 0.6 is 11.3 Å². The highest BCUT2D eigenvalue weighted by molar-refractivity contribution is 7.18. The van der Waals surface area contributed by atoms with Crippen molar-refractivity contribution < 1.29 is 4.74 Å². The Morgan fingerprint density at radius 3 is 2.57 bits per heavy atom. The summed E-state index contributed by atoms with van der Waals surface area (Å²) in [6.07, 6.45) is 2.00. The van der Waals surface area contributed by atoms with E-state index in [1.807, 2.05) is 13.1 Å². The molecule has 0 spiro atoms. The normalized spacial score (nSPS) is 15.0. The van der Waals surface area contributed by atoms with Crippen LogP contribution in [0.15, 0.2) is 54.7 Å². The van der Waals surface area contributed by atoms with Gasteiger partial charge in [-0.15, -0.1) is 0 Å². The fourth-order valence-electron chi connectivity index (χ4n) is 3.67. The summed E-state index contributed by atoms with van der Waals surface area (Å²) in [4.78, 5) is 10.8. The van der Waals surface area contributed by atoms with Crippen LogP contribution in [-0.2, 0) is 6.54 Å². The van der Waals surface area contributed by atoms with E-state index in [9.17, 15) is 0 Å². The number of hydrogen-bond donors (Lipinski definition) is 0. The number of aromatic nitrogens is 1. The van der Waals surface area contributed by atoms with Crippen LogP contribution in [0.4, 0.5) is 5.13 Å². The first-order valence-electron chi connectivity index (χ1n) is 9.93. The lowest BCUT2D eigenvalue weighted by molar-refractivity contribution is 0.249. The molecule has 1 saturated heterocycles. The largest absolute Gasteiger partial charge is 0.494 e. The number of aryl methyl sites for hydroxylation is 1. The molecule has 3 aromatic rings. The minimum atomic E-state index is 0.709. The Bertz CT molecular complexity index is 901. The predicted octanol–water partition coefficient (Wildman–Crippen LogP) is 4.84. The maximum Gasteiger partial charge on any atom is 0.185 e. The second-order valence-corrected chi connectivity index (χ2v) is 8.23. The second-order valence-electron chi connectivity index (χ2n) is 7.22. The van der Waals surface area contributed by atoms with Crippen molar-refractivity contribution in [3.8, 4) is 16.2 Å². The molecule has 146 valence electrons. The van der Waals surface area contributed by atoms with Gasteiger partial charge in [-0.3, -0.25) is 4.90 Å². The molecule has 1 fully saturated rings. The van der Waals surface area contributed by atoms with Crippen molar-refractivity contribution in [1.29, 1.82) is 0 Å². The Morgan fingerprint density at radius 2 is 1.82 bits per heavy atom. The van der Waals surface area contributed by atoms with E-state index < -0.39 is 0 Å². The molecule has 1 aliphatic rings. The maximum absolute atomic E-state index is 5.70. The van der Waals surface area contributed by atoms with Crippen molar-refractivity contribution in [2.75, 3.05) is 37.7 Å². The minimum Gasteiger partial charge on any atom is -0.494 e. The van der Waals surface area contributed by atoms with E-state index in [-0.39, 0.29) is 0 Å². The number of hydrogen-bond acceptors (Lipinski definition) is 5. The van der Waals surface area contributed by atoms with Crippen molar-refractivity contribution in [1.82, 2.24) is 9.88 Å². The molecule has 0 unspecified atom stereocenters. The van der Waals surface area contributed by atoms with E-state index in [0.717, 1.165) is 43.6 Å². The van der Waals surface area contributed by atoms with Gasteiger partial charge in [0.15, 0.2) is 5.13 Å². The van der Waals surface area contributed by atoms with Crippen LogP contribution in [0.25, 0.3) is 10.4 Å². The second kappa shape index (κ2) is 8.76. The predicted molar refractivity (Wildman–Crippen MR) is 117 cm³/mol. The number of rotatable bonds is 6. The van der Waals surface area contributed by atoms with Gasteiger partial charge in [0.05, 0.1) is 11.5 Å². The molecule has 0 amide bonds. The molecular weight excluding hydrogens is 366 g/mol. The van der Waals surface area contributed by atoms with Crippen LogP contribution in [0.2, 0.25) is 0 Å². The van der Waals surface area contributed by atoms with Gasteiger partial charge in [-0.2, -0.15) is 0 Å². The van der Waals surface area contributed by atoms with E-state index in [2.05, 4.69) is 70.2 Å². The number of piperazine rings is 1. The summed E-state index contributed by atoms with van der Waals surface area (Å²) >= 11 is 1.79. The molecule has 0 aliphatic carbocycles. The van der Waals surface area contributed by atoms with Gasteiger partial charge < -0.3 is 9.64 Å². The summed E-state index contributed by atoms with van der Waals surface area (Å²) in [5, 5.41) is 1.13. The van der Waals surface area contributed by atoms with Gasteiger partial charge in [0.25, 0.3) is 0 Å². The first-order valence-corrected chi connectivity index (χ1v) is 10.7. The summed E-state index contributed by atoms with van der Waals surface area (Å²) in [7, 11) is 0. The standard InChI is InChI=1S/C23H27N3OS/c1-3-27-21-14-18(2)13-19(15-21)17-25-9-11-26(12-10-25)23-24-16-22(28-23)20-7-5-4-6-8-20/h4-8,13-16H,3,9-12,17H2,1-2H3. The minimum absolute atomic E-state index is 0.709. The number of anilines is 1. The third-order valence-electron chi connectivity index (χ3n) is 5.02. The zero-order chi connectivity index (χ0) is 19.3. The lowest BCUT2D eigenvalue weighted by Gasteiger charge is -2.34. The lowest BCUT2D eigenvalue weighted by atomic mass is 10.1. The fraction of sp³-hybridized carbons (Fsp3) is 0.348. The molecule has 28 heavy (non-hydrogen) atoms. The highest BCUT2D eigenvalue weighted by Gasteiger charge is 2.20. The van der Waals surface area contributed by atoms with Crippen LogP contribution in [0.5, 0.6) is 5.75 Å². The van der Waals surface area contributed by atoms with Gasteiger partial charge in [-0.05, 0) is 42.7 Å². The Kier molecular flexibility index (Phi) is 5.93. The van der Waals surface area contributed by atoms with Gasteiger partial charge in [-0.25, -0.2) is 4.98 Å². The Labute approximate surface area is 171 Å². The van der Waals surface area contributed by atoms with Crippen LogP contribution in [0.1, 0.15) is 18.1 Å². The van der Waals surface area contributed by atoms with Gasteiger partial charge in [-0.1, -0.05) is 47.7 Å². The highest BCUT2D eigenvalue weighted by atomic mass is 32.1. The average Bonchev–Trinajstić information content (AvgIpc) is 3.19. The molecule has 0 bridgehead atoms. The van der Waals surface area contributed by atoms with E-state index in [4.69, 9.17) is 4.74 Å². The number of benzene rings is 2. The van der Waals surface area contributed by atoms with Gasteiger partial charge >= 0.3 is 0 Å². The topological polar surface area (TPSA) is 28.6 Å². The van der Waals surface area contributed by atoms with Crippen molar-refractivity contribution >= 4 is 16.5 Å². The quantitative estimate of drug-likeness (QED) is 0.599. The molecule has 0 radical (unpaired) electrons. The van der Waals surface area contributed by atoms with Crippen LogP contribution in [0.3, 0.4) is 0 Å². The zero-order valence-electron chi connectivity index (χ0n) is 16.6. The Morgan fingerprint density at radius 1 is 1.04 bits per heavy atom. The van der Waals surface area contributed by atoms with Crippen LogP contribution < -0.4 is 9.64 Å². The van der Waals surface area contributed by atoms with Crippen molar-refractivity contribution in [3.63, 3.8) is 0 Å². The number of thiazole rings is 1. The molecule has 4 nitrogen and oxygen atoms in total. The maximum atomic E-state index is 5.70. The average molecular weight is 394 g/mol. The molecule has 4 rings (SSSR count). The van der Waals surface area contributed by atoms with E-state index in [0.29, 0.717) is 6.61 Å². The molecule has 1 aromatic heterocycles. The van der Waals surface area contributed by atoms with E-state index in [1.54, 1.807) is 11.3 Å². The monoisotopic (exact) mass is 393 g/mol. The van der Waals surface area contributed by atoms with Gasteiger partial charge in [0.2, 0.25) is 0 Å². The van der Waals surface area contributed by atoms with Crippen molar-refractivity contribution in [2.45, 2.75) is 20.4 Å². The molecule has 0 saturated carbocycles. The molecule has 2 heterocycles. The highest BCUT2D eigenvalue weighted by Crippen LogP contribution is 2.31. The van der Waals surface area contributed by atoms with Crippen molar-refractivity contribution in [3.05, 3.63) is 65.9 Å². The summed E-state index contributed by atoms with van der Waals surface area (Å²) in [6.45, 7) is 10.00. The number of nitrogens with zero attached hydrogens (tertiary/aromatic N) is 3. The van der Waals surface area contributed by atoms with Crippen LogP contribution in [-0.4, -0.2) is 42.7 Å². The number of ether oxygens (including phenoxy) is 1. The molecule has 5 heteroatoms. The summed E-state index contributed by atoms with van der Waals surface area (Å²) in [5.41, 5.74) is 3.84. The van der Waals surface area contributed by atoms with Gasteiger partial charge in [0, 0.05) is 38.9 Å². The van der Waals surface area contributed by atoms with E-state index in [1.165, 1.54) is 21.6 Å². The molecule has 2 aromatic carbocycles. The first kappa shape index (κ1) is 19.0. The molecule has 0 N–H and O–H groups in total. The Hall–Kier alpha value is -2.37. The summed E-state index contributed by atoms with van der Waals surface area (Å²) in [6, 6.07) is 17.1. The lowest BCUT2D eigenvalue weighted by Crippen LogP contribution is -2.45. The molecule has 0 atom stereocenters. The smallest absolute Gasteiger partial charge is 0.185 e.